The maximum atomic E-state index is 12.8. The van der Waals surface area contributed by atoms with E-state index >= 15 is 0 Å². The summed E-state index contributed by atoms with van der Waals surface area (Å²) < 4.78 is 25.4. The first-order valence-electron chi connectivity index (χ1n) is 8.52. The minimum absolute atomic E-state index is 0.109. The van der Waals surface area contributed by atoms with Gasteiger partial charge in [0.05, 0.1) is 17.5 Å². The van der Waals surface area contributed by atoms with Crippen LogP contribution in [0.4, 0.5) is 5.69 Å². The van der Waals surface area contributed by atoms with Crippen molar-refractivity contribution in [2.24, 2.45) is 5.92 Å². The number of likely N-dealkylation sites (tertiary alicyclic amines) is 1. The van der Waals surface area contributed by atoms with E-state index in [2.05, 4.69) is 10.0 Å². The molecule has 1 aliphatic carbocycles. The van der Waals surface area contributed by atoms with Gasteiger partial charge >= 0.3 is 0 Å². The molecule has 1 aromatic carbocycles. The summed E-state index contributed by atoms with van der Waals surface area (Å²) in [6.45, 7) is 2.50. The van der Waals surface area contributed by atoms with Crippen molar-refractivity contribution < 1.29 is 13.2 Å². The van der Waals surface area contributed by atoms with Crippen molar-refractivity contribution in [2.75, 3.05) is 30.6 Å². The molecule has 0 aromatic heterocycles. The lowest BCUT2D eigenvalue weighted by molar-refractivity contribution is 0.0706. The van der Waals surface area contributed by atoms with Gasteiger partial charge in [-0.15, -0.1) is 0 Å². The van der Waals surface area contributed by atoms with Crippen LogP contribution in [-0.4, -0.2) is 51.2 Å². The molecule has 1 heterocycles. The highest BCUT2D eigenvalue weighted by molar-refractivity contribution is 7.92. The molecule has 24 heavy (non-hydrogen) atoms. The number of para-hydroxylation sites is 1. The quantitative estimate of drug-likeness (QED) is 0.817. The Kier molecular flexibility index (Phi) is 5.10. The van der Waals surface area contributed by atoms with Gasteiger partial charge in [0.15, 0.2) is 0 Å². The van der Waals surface area contributed by atoms with Gasteiger partial charge in [-0.05, 0) is 50.3 Å². The predicted molar refractivity (Wildman–Crippen MR) is 94.6 cm³/mol. The highest BCUT2D eigenvalue weighted by Crippen LogP contribution is 2.28. The van der Waals surface area contributed by atoms with Gasteiger partial charge in [0.2, 0.25) is 10.0 Å². The Morgan fingerprint density at radius 1 is 1.17 bits per heavy atom. The maximum absolute atomic E-state index is 12.8. The summed E-state index contributed by atoms with van der Waals surface area (Å²) in [5.41, 5.74) is 0.756. The van der Waals surface area contributed by atoms with Crippen LogP contribution < -0.4 is 10.0 Å². The van der Waals surface area contributed by atoms with Crippen LogP contribution in [0.25, 0.3) is 0 Å². The average molecular weight is 351 g/mol. The zero-order valence-electron chi connectivity index (χ0n) is 14.0. The van der Waals surface area contributed by atoms with Crippen molar-refractivity contribution in [1.29, 1.82) is 0 Å². The first-order chi connectivity index (χ1) is 11.4. The molecule has 3 rings (SSSR count). The fourth-order valence-corrected chi connectivity index (χ4v) is 3.65. The van der Waals surface area contributed by atoms with Crippen LogP contribution in [0.1, 0.15) is 36.0 Å². The van der Waals surface area contributed by atoms with Gasteiger partial charge in [0, 0.05) is 19.1 Å². The highest BCUT2D eigenvalue weighted by atomic mass is 32.2. The molecule has 6 nitrogen and oxygen atoms in total. The zero-order chi connectivity index (χ0) is 17.2. The third-order valence-corrected chi connectivity index (χ3v) is 5.22. The summed E-state index contributed by atoms with van der Waals surface area (Å²) in [6.07, 6.45) is 5.66. The molecular weight excluding hydrogens is 326 g/mol. The molecule has 1 aliphatic heterocycles. The van der Waals surface area contributed by atoms with E-state index in [1.54, 1.807) is 24.3 Å². The number of amides is 1. The van der Waals surface area contributed by atoms with Crippen LogP contribution in [0.2, 0.25) is 0 Å². The van der Waals surface area contributed by atoms with Crippen molar-refractivity contribution in [2.45, 2.75) is 31.7 Å². The smallest absolute Gasteiger partial charge is 0.255 e. The van der Waals surface area contributed by atoms with E-state index in [9.17, 15) is 13.2 Å². The Balaban J connectivity index is 1.60. The van der Waals surface area contributed by atoms with E-state index in [0.29, 0.717) is 30.4 Å². The fourth-order valence-electron chi connectivity index (χ4n) is 3.07. The van der Waals surface area contributed by atoms with E-state index in [4.69, 9.17) is 0 Å². The van der Waals surface area contributed by atoms with E-state index < -0.39 is 10.0 Å². The molecule has 132 valence electrons. The monoisotopic (exact) mass is 351 g/mol. The van der Waals surface area contributed by atoms with E-state index in [1.165, 1.54) is 12.8 Å². The topological polar surface area (TPSA) is 78.5 Å². The van der Waals surface area contributed by atoms with Crippen LogP contribution in [0.15, 0.2) is 24.3 Å². The van der Waals surface area contributed by atoms with Crippen molar-refractivity contribution in [3.63, 3.8) is 0 Å². The third kappa shape index (κ3) is 4.70. The number of piperidine rings is 1. The standard InChI is InChI=1S/C17H25N3O3S/c1-24(22,23)19-16-5-3-2-4-15(16)17(21)20-10-8-14(9-11-20)18-12-13-6-7-13/h2-5,13-14,18-19H,6-12H2,1H3. The molecule has 1 aromatic rings. The number of rotatable bonds is 6. The molecule has 1 saturated carbocycles. The van der Waals surface area contributed by atoms with Gasteiger partial charge in [0.25, 0.3) is 5.91 Å². The summed E-state index contributed by atoms with van der Waals surface area (Å²) in [7, 11) is -3.41. The molecule has 2 aliphatic rings. The molecule has 1 saturated heterocycles. The molecular formula is C17H25N3O3S. The zero-order valence-corrected chi connectivity index (χ0v) is 14.8. The minimum Gasteiger partial charge on any atom is -0.338 e. The second-order valence-electron chi connectivity index (χ2n) is 6.84. The molecule has 2 fully saturated rings. The van der Waals surface area contributed by atoms with Gasteiger partial charge in [0.1, 0.15) is 0 Å². The van der Waals surface area contributed by atoms with Crippen molar-refractivity contribution in [3.05, 3.63) is 29.8 Å². The molecule has 0 unspecified atom stereocenters. The number of benzene rings is 1. The first kappa shape index (κ1) is 17.2. The van der Waals surface area contributed by atoms with Crippen molar-refractivity contribution in [3.8, 4) is 0 Å². The lowest BCUT2D eigenvalue weighted by atomic mass is 10.0. The van der Waals surface area contributed by atoms with Gasteiger partial charge in [-0.1, -0.05) is 12.1 Å². The Morgan fingerprint density at radius 2 is 1.83 bits per heavy atom. The normalized spacial score (nSPS) is 19.3. The van der Waals surface area contributed by atoms with Crippen LogP contribution in [-0.2, 0) is 10.0 Å². The number of hydrogen-bond acceptors (Lipinski definition) is 4. The molecule has 7 heteroatoms. The third-order valence-electron chi connectivity index (χ3n) is 4.63. The van der Waals surface area contributed by atoms with Crippen LogP contribution >= 0.6 is 0 Å². The van der Waals surface area contributed by atoms with Gasteiger partial charge < -0.3 is 10.2 Å². The number of nitrogens with zero attached hydrogens (tertiary/aromatic N) is 1. The summed E-state index contributed by atoms with van der Waals surface area (Å²) in [6, 6.07) is 7.26. The van der Waals surface area contributed by atoms with Gasteiger partial charge in [-0.2, -0.15) is 0 Å². The molecule has 0 radical (unpaired) electrons. The largest absolute Gasteiger partial charge is 0.338 e. The van der Waals surface area contributed by atoms with E-state index in [0.717, 1.165) is 31.6 Å². The summed E-state index contributed by atoms with van der Waals surface area (Å²) in [4.78, 5) is 14.6. The number of carbonyl (C=O) groups is 1. The first-order valence-corrected chi connectivity index (χ1v) is 10.4. The second-order valence-corrected chi connectivity index (χ2v) is 8.59. The Hall–Kier alpha value is -1.60. The predicted octanol–water partition coefficient (Wildman–Crippen LogP) is 1.66. The average Bonchev–Trinajstić information content (AvgIpc) is 3.36. The molecule has 2 N–H and O–H groups in total. The number of nitrogens with one attached hydrogen (secondary N) is 2. The number of anilines is 1. The highest BCUT2D eigenvalue weighted by Gasteiger charge is 2.27. The summed E-state index contributed by atoms with van der Waals surface area (Å²) >= 11 is 0. The van der Waals surface area contributed by atoms with E-state index in [1.807, 2.05) is 4.90 Å². The number of carbonyl (C=O) groups excluding carboxylic acids is 1. The Bertz CT molecular complexity index is 693. The Labute approximate surface area is 143 Å². The lowest BCUT2D eigenvalue weighted by Gasteiger charge is -2.33. The van der Waals surface area contributed by atoms with Crippen molar-refractivity contribution in [1.82, 2.24) is 10.2 Å². The number of sulfonamides is 1. The molecule has 1 amide bonds. The van der Waals surface area contributed by atoms with Crippen LogP contribution in [0.3, 0.4) is 0 Å². The van der Waals surface area contributed by atoms with Crippen molar-refractivity contribution >= 4 is 21.6 Å². The number of hydrogen-bond donors (Lipinski definition) is 2. The summed E-state index contributed by atoms with van der Waals surface area (Å²) in [5, 5.41) is 3.60. The molecule has 0 spiro atoms. The van der Waals surface area contributed by atoms with Crippen LogP contribution in [0.5, 0.6) is 0 Å². The fraction of sp³-hybridized carbons (Fsp3) is 0.588. The lowest BCUT2D eigenvalue weighted by Crippen LogP contribution is -2.45. The van der Waals surface area contributed by atoms with Crippen LogP contribution in [0, 0.1) is 5.92 Å². The van der Waals surface area contributed by atoms with Gasteiger partial charge in [-0.25, -0.2) is 8.42 Å². The Morgan fingerprint density at radius 3 is 2.46 bits per heavy atom. The molecule has 0 bridgehead atoms. The SMILES string of the molecule is CS(=O)(=O)Nc1ccccc1C(=O)N1CCC(NCC2CC2)CC1. The molecule has 0 atom stereocenters. The van der Waals surface area contributed by atoms with E-state index in [-0.39, 0.29) is 5.91 Å². The second kappa shape index (κ2) is 7.11. The minimum atomic E-state index is -3.41. The van der Waals surface area contributed by atoms with Gasteiger partial charge in [-0.3, -0.25) is 9.52 Å². The maximum Gasteiger partial charge on any atom is 0.255 e. The summed E-state index contributed by atoms with van der Waals surface area (Å²) in [5.74, 6) is 0.751.